The number of allylic oxidation sites excluding steroid dienone is 2. The molecule has 0 unspecified atom stereocenters. The van der Waals surface area contributed by atoms with Gasteiger partial charge in [0.05, 0.1) is 23.1 Å². The molecule has 0 bridgehead atoms. The van der Waals surface area contributed by atoms with Crippen LogP contribution in [0.4, 0.5) is 11.4 Å². The van der Waals surface area contributed by atoms with Crippen molar-refractivity contribution in [2.45, 2.75) is 26.7 Å². The van der Waals surface area contributed by atoms with Gasteiger partial charge in [-0.2, -0.15) is 0 Å². The Morgan fingerprint density at radius 1 is 1.12 bits per heavy atom. The summed E-state index contributed by atoms with van der Waals surface area (Å²) in [7, 11) is 0. The zero-order valence-corrected chi connectivity index (χ0v) is 20.5. The number of esters is 1. The fourth-order valence-corrected chi connectivity index (χ4v) is 4.93. The molecular formula is C26H25BrN2O5. The van der Waals surface area contributed by atoms with Crippen LogP contribution >= 0.6 is 15.9 Å². The van der Waals surface area contributed by atoms with Gasteiger partial charge >= 0.3 is 5.97 Å². The van der Waals surface area contributed by atoms with Crippen LogP contribution in [-0.2, 0) is 25.5 Å². The van der Waals surface area contributed by atoms with Crippen molar-refractivity contribution >= 4 is 51.0 Å². The van der Waals surface area contributed by atoms with Crippen molar-refractivity contribution in [2.75, 3.05) is 16.8 Å². The van der Waals surface area contributed by atoms with Crippen molar-refractivity contribution in [3.63, 3.8) is 0 Å². The third-order valence-corrected chi connectivity index (χ3v) is 6.78. The van der Waals surface area contributed by atoms with Gasteiger partial charge in [0, 0.05) is 10.2 Å². The van der Waals surface area contributed by atoms with Crippen LogP contribution in [0.25, 0.3) is 0 Å². The molecule has 7 nitrogen and oxygen atoms in total. The Labute approximate surface area is 206 Å². The number of imide groups is 1. The second kappa shape index (κ2) is 9.93. The highest BCUT2D eigenvalue weighted by atomic mass is 79.9. The second-order valence-electron chi connectivity index (χ2n) is 8.49. The maximum absolute atomic E-state index is 12.9. The number of carbonyl (C=O) groups is 4. The van der Waals surface area contributed by atoms with Crippen LogP contribution in [0.15, 0.2) is 59.1 Å². The first kappa shape index (κ1) is 23.9. The van der Waals surface area contributed by atoms with E-state index in [-0.39, 0.29) is 35.1 Å². The Kier molecular flexibility index (Phi) is 6.97. The normalized spacial score (nSPS) is 21.4. The molecule has 0 radical (unpaired) electrons. The molecule has 1 fully saturated rings. The van der Waals surface area contributed by atoms with E-state index in [9.17, 15) is 19.2 Å². The lowest BCUT2D eigenvalue weighted by atomic mass is 9.78. The third-order valence-electron chi connectivity index (χ3n) is 6.29. The molecule has 2 aromatic carbocycles. The van der Waals surface area contributed by atoms with Crippen LogP contribution in [0.1, 0.15) is 36.2 Å². The molecule has 1 heterocycles. The van der Waals surface area contributed by atoms with E-state index in [0.29, 0.717) is 17.8 Å². The van der Waals surface area contributed by atoms with Gasteiger partial charge in [-0.3, -0.25) is 19.3 Å². The predicted molar refractivity (Wildman–Crippen MR) is 131 cm³/mol. The molecule has 0 spiro atoms. The smallest absolute Gasteiger partial charge is 0.338 e. The topological polar surface area (TPSA) is 92.8 Å². The Morgan fingerprint density at radius 3 is 2.53 bits per heavy atom. The molecule has 3 amide bonds. The van der Waals surface area contributed by atoms with Crippen LogP contribution in [0.3, 0.4) is 0 Å². The molecule has 1 N–H and O–H groups in total. The lowest BCUT2D eigenvalue weighted by molar-refractivity contribution is -0.123. The van der Waals surface area contributed by atoms with Gasteiger partial charge in [0.1, 0.15) is 0 Å². The highest BCUT2D eigenvalue weighted by Gasteiger charge is 2.50. The second-order valence-corrected chi connectivity index (χ2v) is 9.41. The maximum atomic E-state index is 12.9. The number of carbonyl (C=O) groups excluding carboxylic acids is 4. The average molecular weight is 525 g/mol. The monoisotopic (exact) mass is 524 g/mol. The molecule has 0 aromatic heterocycles. The first-order valence-electron chi connectivity index (χ1n) is 11.2. The Hall–Kier alpha value is -3.26. The third kappa shape index (κ3) is 4.68. The van der Waals surface area contributed by atoms with Gasteiger partial charge in [0.25, 0.3) is 5.91 Å². The van der Waals surface area contributed by atoms with Crippen molar-refractivity contribution < 1.29 is 23.9 Å². The number of halogens is 1. The van der Waals surface area contributed by atoms with E-state index in [0.717, 1.165) is 16.5 Å². The van der Waals surface area contributed by atoms with Gasteiger partial charge in [-0.05, 0) is 66.8 Å². The van der Waals surface area contributed by atoms with E-state index in [1.807, 2.05) is 38.1 Å². The van der Waals surface area contributed by atoms with Gasteiger partial charge in [0.2, 0.25) is 11.8 Å². The van der Waals surface area contributed by atoms with Gasteiger partial charge in [-0.25, -0.2) is 4.79 Å². The number of rotatable bonds is 6. The molecule has 1 aliphatic carbocycles. The summed E-state index contributed by atoms with van der Waals surface area (Å²) in [4.78, 5) is 51.6. The number of hydrogen-bond acceptors (Lipinski definition) is 5. The Balaban J connectivity index is 1.37. The van der Waals surface area contributed by atoms with Crippen molar-refractivity contribution in [1.29, 1.82) is 0 Å². The van der Waals surface area contributed by atoms with Gasteiger partial charge in [0.15, 0.2) is 6.61 Å². The molecule has 1 saturated heterocycles. The first-order chi connectivity index (χ1) is 16.3. The molecule has 0 saturated carbocycles. The van der Waals surface area contributed by atoms with Crippen molar-refractivity contribution in [2.24, 2.45) is 17.8 Å². The van der Waals surface area contributed by atoms with Gasteiger partial charge < -0.3 is 10.1 Å². The number of aryl methyl sites for hydroxylation is 1. The number of nitrogens with one attached hydrogen (secondary N) is 1. The minimum absolute atomic E-state index is 0.00594. The predicted octanol–water partition coefficient (Wildman–Crippen LogP) is 4.51. The van der Waals surface area contributed by atoms with Gasteiger partial charge in [-0.15, -0.1) is 0 Å². The molecule has 2 aromatic rings. The van der Waals surface area contributed by atoms with Gasteiger partial charge in [-0.1, -0.05) is 41.9 Å². The van der Waals surface area contributed by atoms with E-state index >= 15 is 0 Å². The summed E-state index contributed by atoms with van der Waals surface area (Å²) in [5, 5.41) is 2.76. The standard InChI is InChI=1S/C26H25BrN2O5/c1-3-16-13-18(27)9-12-21(16)28-22(30)14-34-26(33)17-7-10-19(11-8-17)29-24(31)20-6-4-5-15(2)23(20)25(29)32/h4-5,7-13,15,20,23H,3,6,14H2,1-2H3,(H,28,30)/t15-,20-,23-/m1/s1. The van der Waals surface area contributed by atoms with Crippen LogP contribution in [0.2, 0.25) is 0 Å². The van der Waals surface area contributed by atoms with Crippen molar-refractivity contribution in [1.82, 2.24) is 0 Å². The van der Waals surface area contributed by atoms with E-state index in [1.54, 1.807) is 18.2 Å². The zero-order chi connectivity index (χ0) is 24.4. The molecule has 8 heteroatoms. The Morgan fingerprint density at radius 2 is 1.85 bits per heavy atom. The van der Waals surface area contributed by atoms with Crippen molar-refractivity contribution in [3.8, 4) is 0 Å². The highest BCUT2D eigenvalue weighted by molar-refractivity contribution is 9.10. The summed E-state index contributed by atoms with van der Waals surface area (Å²) in [6, 6.07) is 11.6. The number of nitrogens with zero attached hydrogens (tertiary/aromatic N) is 1. The summed E-state index contributed by atoms with van der Waals surface area (Å²) < 4.78 is 6.06. The molecule has 4 rings (SSSR count). The minimum atomic E-state index is -0.668. The number of fused-ring (bicyclic) bond motifs is 1. The van der Waals surface area contributed by atoms with E-state index in [1.165, 1.54) is 17.0 Å². The van der Waals surface area contributed by atoms with Crippen LogP contribution < -0.4 is 10.2 Å². The van der Waals surface area contributed by atoms with E-state index in [2.05, 4.69) is 21.2 Å². The Bertz CT molecular complexity index is 1170. The molecule has 176 valence electrons. The number of hydrogen-bond donors (Lipinski definition) is 1. The summed E-state index contributed by atoms with van der Waals surface area (Å²) >= 11 is 3.41. The number of amides is 3. The first-order valence-corrected chi connectivity index (χ1v) is 12.0. The van der Waals surface area contributed by atoms with Crippen LogP contribution in [0.5, 0.6) is 0 Å². The molecule has 1 aliphatic heterocycles. The van der Waals surface area contributed by atoms with E-state index < -0.39 is 18.5 Å². The average Bonchev–Trinajstić information content (AvgIpc) is 3.09. The molecular weight excluding hydrogens is 500 g/mol. The fraction of sp³-hybridized carbons (Fsp3) is 0.308. The van der Waals surface area contributed by atoms with E-state index in [4.69, 9.17) is 4.74 Å². The molecule has 2 aliphatic rings. The minimum Gasteiger partial charge on any atom is -0.452 e. The summed E-state index contributed by atoms with van der Waals surface area (Å²) in [5.41, 5.74) is 2.27. The summed E-state index contributed by atoms with van der Waals surface area (Å²) in [5.74, 6) is -2.21. The van der Waals surface area contributed by atoms with Crippen LogP contribution in [0, 0.1) is 17.8 Å². The summed E-state index contributed by atoms with van der Waals surface area (Å²) in [6.45, 7) is 3.49. The quantitative estimate of drug-likeness (QED) is 0.341. The number of anilines is 2. The number of ether oxygens (including phenoxy) is 1. The maximum Gasteiger partial charge on any atom is 0.338 e. The molecule has 3 atom stereocenters. The largest absolute Gasteiger partial charge is 0.452 e. The SMILES string of the molecule is CCc1cc(Br)ccc1NC(=O)COC(=O)c1ccc(N2C(=O)[C@@H]3[C@H](C)C=CC[C@H]3C2=O)cc1. The van der Waals surface area contributed by atoms with Crippen LogP contribution in [-0.4, -0.2) is 30.3 Å². The summed E-state index contributed by atoms with van der Waals surface area (Å²) in [6.07, 6.45) is 5.23. The highest BCUT2D eigenvalue weighted by Crippen LogP contribution is 2.40. The lowest BCUT2D eigenvalue weighted by Gasteiger charge is -2.22. The number of benzene rings is 2. The van der Waals surface area contributed by atoms with Crippen molar-refractivity contribution in [3.05, 3.63) is 70.2 Å². The zero-order valence-electron chi connectivity index (χ0n) is 18.9. The lowest BCUT2D eigenvalue weighted by Crippen LogP contribution is -2.31. The fourth-order valence-electron chi connectivity index (χ4n) is 4.53. The molecule has 34 heavy (non-hydrogen) atoms.